The van der Waals surface area contributed by atoms with Gasteiger partial charge in [0, 0.05) is 24.9 Å². The molecule has 0 radical (unpaired) electrons. The highest BCUT2D eigenvalue weighted by molar-refractivity contribution is 5.80. The summed E-state index contributed by atoms with van der Waals surface area (Å²) >= 11 is 0. The average molecular weight is 349 g/mol. The molecule has 0 spiro atoms. The third-order valence-corrected chi connectivity index (χ3v) is 6.32. The number of hydrogen-bond acceptors (Lipinski definition) is 4. The Bertz CT molecular complexity index is 844. The molecule has 2 fully saturated rings. The van der Waals surface area contributed by atoms with Gasteiger partial charge in [0.15, 0.2) is 5.82 Å². The summed E-state index contributed by atoms with van der Waals surface area (Å²) in [5.41, 5.74) is 1.23. The minimum absolute atomic E-state index is 0.0664. The first-order valence-corrected chi connectivity index (χ1v) is 9.51. The molecule has 134 valence electrons. The number of fused-ring (bicyclic) bond motifs is 2. The largest absolute Gasteiger partial charge is 0.341 e. The topological polar surface area (TPSA) is 59.2 Å². The van der Waals surface area contributed by atoms with Gasteiger partial charge in [-0.1, -0.05) is 47.6 Å². The van der Waals surface area contributed by atoms with Crippen LogP contribution in [-0.2, 0) is 4.79 Å². The van der Waals surface area contributed by atoms with Gasteiger partial charge in [0.2, 0.25) is 11.8 Å². The summed E-state index contributed by atoms with van der Waals surface area (Å²) in [6, 6.07) is 10.4. The van der Waals surface area contributed by atoms with E-state index >= 15 is 0 Å². The molecule has 5 nitrogen and oxygen atoms in total. The standard InChI is InChI=1S/C21H23N3O2/c1-13-22-20(26-23-13)19-12-24(11-18(19)15-5-3-2-4-6-15)21(25)17-10-14-7-8-16(17)9-14/h2-8,14,16-19H,9-12H2,1H3. The molecule has 5 unspecified atom stereocenters. The van der Waals surface area contributed by atoms with Crippen LogP contribution in [0.4, 0.5) is 0 Å². The van der Waals surface area contributed by atoms with Gasteiger partial charge in [0.25, 0.3) is 0 Å². The van der Waals surface area contributed by atoms with Crippen LogP contribution < -0.4 is 0 Å². The predicted octanol–water partition coefficient (Wildman–Crippen LogP) is 3.30. The van der Waals surface area contributed by atoms with E-state index in [2.05, 4.69) is 46.6 Å². The van der Waals surface area contributed by atoms with Crippen LogP contribution in [0, 0.1) is 24.7 Å². The molecule has 5 atom stereocenters. The number of likely N-dealkylation sites (tertiary alicyclic amines) is 1. The molecule has 26 heavy (non-hydrogen) atoms. The lowest BCUT2D eigenvalue weighted by Crippen LogP contribution is -2.36. The first kappa shape index (κ1) is 15.8. The third-order valence-electron chi connectivity index (χ3n) is 6.32. The van der Waals surface area contributed by atoms with Gasteiger partial charge >= 0.3 is 0 Å². The van der Waals surface area contributed by atoms with Crippen LogP contribution in [0.25, 0.3) is 0 Å². The van der Waals surface area contributed by atoms with E-state index < -0.39 is 0 Å². The fourth-order valence-electron chi connectivity index (χ4n) is 5.03. The van der Waals surface area contributed by atoms with Gasteiger partial charge in [-0.25, -0.2) is 0 Å². The van der Waals surface area contributed by atoms with Crippen molar-refractivity contribution >= 4 is 5.91 Å². The van der Waals surface area contributed by atoms with Crippen molar-refractivity contribution in [2.45, 2.75) is 31.6 Å². The lowest BCUT2D eigenvalue weighted by Gasteiger charge is -2.24. The zero-order chi connectivity index (χ0) is 17.7. The summed E-state index contributed by atoms with van der Waals surface area (Å²) in [7, 11) is 0. The van der Waals surface area contributed by atoms with Gasteiger partial charge in [0.05, 0.1) is 5.92 Å². The van der Waals surface area contributed by atoms with Crippen molar-refractivity contribution in [1.29, 1.82) is 0 Å². The van der Waals surface area contributed by atoms with Crippen molar-refractivity contribution in [1.82, 2.24) is 15.0 Å². The van der Waals surface area contributed by atoms with E-state index in [1.807, 2.05) is 17.9 Å². The number of carbonyl (C=O) groups is 1. The quantitative estimate of drug-likeness (QED) is 0.798. The molecular formula is C21H23N3O2. The summed E-state index contributed by atoms with van der Waals surface area (Å²) in [6.07, 6.45) is 6.70. The van der Waals surface area contributed by atoms with Crippen molar-refractivity contribution in [3.63, 3.8) is 0 Å². The first-order valence-electron chi connectivity index (χ1n) is 9.51. The summed E-state index contributed by atoms with van der Waals surface area (Å²) in [4.78, 5) is 19.7. The van der Waals surface area contributed by atoms with E-state index in [1.54, 1.807) is 0 Å². The second kappa shape index (κ2) is 6.08. The number of rotatable bonds is 3. The Kier molecular flexibility index (Phi) is 3.69. The fourth-order valence-corrected chi connectivity index (χ4v) is 5.03. The van der Waals surface area contributed by atoms with Crippen LogP contribution in [0.1, 0.15) is 42.0 Å². The van der Waals surface area contributed by atoms with Crippen LogP contribution >= 0.6 is 0 Å². The summed E-state index contributed by atoms with van der Waals surface area (Å²) in [5.74, 6) is 3.08. The van der Waals surface area contributed by atoms with Crippen LogP contribution in [0.5, 0.6) is 0 Å². The molecular weight excluding hydrogens is 326 g/mol. The van der Waals surface area contributed by atoms with Gasteiger partial charge < -0.3 is 9.42 Å². The van der Waals surface area contributed by atoms with Gasteiger partial charge in [0.1, 0.15) is 0 Å². The summed E-state index contributed by atoms with van der Waals surface area (Å²) < 4.78 is 5.49. The van der Waals surface area contributed by atoms with Crippen molar-refractivity contribution in [3.05, 3.63) is 59.8 Å². The maximum absolute atomic E-state index is 13.2. The molecule has 1 aromatic heterocycles. The third kappa shape index (κ3) is 2.57. The Hall–Kier alpha value is -2.43. The van der Waals surface area contributed by atoms with Crippen molar-refractivity contribution in [3.8, 4) is 0 Å². The van der Waals surface area contributed by atoms with Gasteiger partial charge in [-0.05, 0) is 37.2 Å². The van der Waals surface area contributed by atoms with E-state index in [9.17, 15) is 4.79 Å². The zero-order valence-corrected chi connectivity index (χ0v) is 14.9. The van der Waals surface area contributed by atoms with Crippen LogP contribution in [0.2, 0.25) is 0 Å². The predicted molar refractivity (Wildman–Crippen MR) is 96.4 cm³/mol. The number of allylic oxidation sites excluding steroid dienone is 2. The number of amides is 1. The van der Waals surface area contributed by atoms with Crippen molar-refractivity contribution in [2.24, 2.45) is 17.8 Å². The Labute approximate surface area is 153 Å². The molecule has 0 N–H and O–H groups in total. The second-order valence-electron chi connectivity index (χ2n) is 7.93. The lowest BCUT2D eigenvalue weighted by molar-refractivity contribution is -0.135. The van der Waals surface area contributed by atoms with Crippen molar-refractivity contribution in [2.75, 3.05) is 13.1 Å². The lowest BCUT2D eigenvalue weighted by atomic mass is 9.89. The smallest absolute Gasteiger partial charge is 0.232 e. The average Bonchev–Trinajstić information content (AvgIpc) is 3.44. The molecule has 2 heterocycles. The molecule has 3 aliphatic rings. The van der Waals surface area contributed by atoms with Gasteiger partial charge in [-0.2, -0.15) is 4.98 Å². The van der Waals surface area contributed by atoms with E-state index in [0.29, 0.717) is 36.0 Å². The van der Waals surface area contributed by atoms with Gasteiger partial charge in [-0.3, -0.25) is 4.79 Å². The zero-order valence-electron chi connectivity index (χ0n) is 14.9. The Morgan fingerprint density at radius 2 is 1.92 bits per heavy atom. The van der Waals surface area contributed by atoms with Gasteiger partial charge in [-0.15, -0.1) is 0 Å². The highest BCUT2D eigenvalue weighted by Crippen LogP contribution is 2.46. The van der Waals surface area contributed by atoms with E-state index in [4.69, 9.17) is 4.52 Å². The highest BCUT2D eigenvalue weighted by atomic mass is 16.5. The Balaban J connectivity index is 1.42. The Morgan fingerprint density at radius 1 is 1.12 bits per heavy atom. The molecule has 1 saturated heterocycles. The molecule has 2 bridgehead atoms. The number of aryl methyl sites for hydroxylation is 1. The molecule has 2 aliphatic carbocycles. The number of hydrogen-bond donors (Lipinski definition) is 0. The monoisotopic (exact) mass is 349 g/mol. The minimum atomic E-state index is 0.0664. The maximum atomic E-state index is 13.2. The van der Waals surface area contributed by atoms with E-state index in [-0.39, 0.29) is 17.8 Å². The molecule has 1 aliphatic heterocycles. The van der Waals surface area contributed by atoms with Crippen molar-refractivity contribution < 1.29 is 9.32 Å². The molecule has 5 heteroatoms. The number of carbonyl (C=O) groups excluding carboxylic acids is 1. The molecule has 5 rings (SSSR count). The summed E-state index contributed by atoms with van der Waals surface area (Å²) in [6.45, 7) is 3.23. The first-order chi connectivity index (χ1) is 12.7. The normalized spacial score (nSPS) is 32.5. The van der Waals surface area contributed by atoms with Crippen LogP contribution in [0.15, 0.2) is 47.0 Å². The van der Waals surface area contributed by atoms with E-state index in [0.717, 1.165) is 19.4 Å². The number of aromatic nitrogens is 2. The van der Waals surface area contributed by atoms with Crippen LogP contribution in [-0.4, -0.2) is 34.0 Å². The SMILES string of the molecule is Cc1noc(C2CN(C(=O)C3CC4C=CC3C4)CC2c2ccccc2)n1. The molecule has 1 aromatic carbocycles. The fraction of sp³-hybridized carbons (Fsp3) is 0.476. The minimum Gasteiger partial charge on any atom is -0.341 e. The Morgan fingerprint density at radius 3 is 2.58 bits per heavy atom. The molecule has 2 aromatic rings. The molecule has 1 saturated carbocycles. The number of benzene rings is 1. The highest BCUT2D eigenvalue weighted by Gasteiger charge is 2.46. The van der Waals surface area contributed by atoms with Crippen LogP contribution in [0.3, 0.4) is 0 Å². The summed E-state index contributed by atoms with van der Waals surface area (Å²) in [5, 5.41) is 3.97. The number of nitrogens with zero attached hydrogens (tertiary/aromatic N) is 3. The molecule has 1 amide bonds. The van der Waals surface area contributed by atoms with E-state index in [1.165, 1.54) is 5.56 Å². The second-order valence-corrected chi connectivity index (χ2v) is 7.93. The maximum Gasteiger partial charge on any atom is 0.232 e.